The minimum atomic E-state index is -0.973. The summed E-state index contributed by atoms with van der Waals surface area (Å²) in [5, 5.41) is 11.2. The molecule has 0 saturated carbocycles. The van der Waals surface area contributed by atoms with Crippen molar-refractivity contribution in [2.24, 2.45) is 0 Å². The number of hydrogen-bond donors (Lipinski definition) is 2. The van der Waals surface area contributed by atoms with E-state index in [0.29, 0.717) is 5.69 Å². The van der Waals surface area contributed by atoms with Crippen molar-refractivity contribution in [3.05, 3.63) is 30.1 Å². The summed E-state index contributed by atoms with van der Waals surface area (Å²) in [6.45, 7) is 1.35. The number of carboxylic acids is 1. The maximum atomic E-state index is 10.9. The predicted octanol–water partition coefficient (Wildman–Crippen LogP) is 0.734. The first-order valence-electron chi connectivity index (χ1n) is 4.49. The molecular weight excluding hydrogens is 196 g/mol. The van der Waals surface area contributed by atoms with E-state index in [1.807, 2.05) is 0 Å². The van der Waals surface area contributed by atoms with E-state index in [4.69, 9.17) is 5.11 Å². The van der Waals surface area contributed by atoms with Crippen molar-refractivity contribution in [3.8, 4) is 0 Å². The van der Waals surface area contributed by atoms with E-state index in [1.54, 1.807) is 24.4 Å². The summed E-state index contributed by atoms with van der Waals surface area (Å²) in [5.41, 5.74) is 0.551. The van der Waals surface area contributed by atoms with E-state index in [2.05, 4.69) is 10.3 Å². The number of aliphatic carboxylic acids is 1. The first kappa shape index (κ1) is 11.2. The first-order valence-corrected chi connectivity index (χ1v) is 4.49. The predicted molar refractivity (Wildman–Crippen MR) is 53.0 cm³/mol. The molecule has 15 heavy (non-hydrogen) atoms. The van der Waals surface area contributed by atoms with E-state index in [1.165, 1.54) is 6.92 Å². The normalized spacial score (nSPS) is 11.8. The van der Waals surface area contributed by atoms with E-state index in [-0.39, 0.29) is 12.3 Å². The van der Waals surface area contributed by atoms with Gasteiger partial charge in [0.2, 0.25) is 5.91 Å². The van der Waals surface area contributed by atoms with Crippen LogP contribution in [0.4, 0.5) is 0 Å². The highest BCUT2D eigenvalue weighted by molar-refractivity contribution is 5.75. The Morgan fingerprint density at radius 3 is 2.73 bits per heavy atom. The van der Waals surface area contributed by atoms with Gasteiger partial charge < -0.3 is 10.4 Å². The third kappa shape index (κ3) is 3.76. The Morgan fingerprint density at radius 2 is 2.27 bits per heavy atom. The molecule has 0 radical (unpaired) electrons. The fourth-order valence-electron chi connectivity index (χ4n) is 1.23. The van der Waals surface area contributed by atoms with Crippen LogP contribution in [0, 0.1) is 0 Å². The summed E-state index contributed by atoms with van der Waals surface area (Å²) in [4.78, 5) is 25.5. The number of carbonyl (C=O) groups excluding carboxylic acids is 1. The average molecular weight is 208 g/mol. The second kappa shape index (κ2) is 5.09. The fourth-order valence-corrected chi connectivity index (χ4v) is 1.23. The molecule has 5 heteroatoms. The molecule has 1 amide bonds. The topological polar surface area (TPSA) is 79.3 Å². The number of carboxylic acid groups (broad SMARTS) is 1. The minimum absolute atomic E-state index is 0.170. The molecule has 1 aromatic heterocycles. The maximum Gasteiger partial charge on any atom is 0.305 e. The monoisotopic (exact) mass is 208 g/mol. The number of pyridine rings is 1. The molecule has 0 spiro atoms. The lowest BCUT2D eigenvalue weighted by molar-refractivity contribution is -0.137. The van der Waals surface area contributed by atoms with E-state index in [0.717, 1.165) is 0 Å². The van der Waals surface area contributed by atoms with Crippen LogP contribution in [0.5, 0.6) is 0 Å². The van der Waals surface area contributed by atoms with Gasteiger partial charge >= 0.3 is 5.97 Å². The maximum absolute atomic E-state index is 10.9. The summed E-state index contributed by atoms with van der Waals surface area (Å²) >= 11 is 0. The van der Waals surface area contributed by atoms with Gasteiger partial charge in [-0.2, -0.15) is 0 Å². The van der Waals surface area contributed by atoms with Crippen LogP contribution in [0.25, 0.3) is 0 Å². The van der Waals surface area contributed by atoms with Crippen molar-refractivity contribution >= 4 is 11.9 Å². The van der Waals surface area contributed by atoms with Crippen molar-refractivity contribution in [3.63, 3.8) is 0 Å². The molecule has 0 aliphatic rings. The molecule has 1 atom stereocenters. The molecule has 0 bridgehead atoms. The number of nitrogens with one attached hydrogen (secondary N) is 1. The third-order valence-corrected chi connectivity index (χ3v) is 1.80. The van der Waals surface area contributed by atoms with Crippen LogP contribution >= 0.6 is 0 Å². The molecule has 0 fully saturated rings. The molecule has 0 aliphatic carbocycles. The Hall–Kier alpha value is -1.91. The summed E-state index contributed by atoms with van der Waals surface area (Å²) in [5.74, 6) is -1.24. The second-order valence-corrected chi connectivity index (χ2v) is 3.11. The smallest absolute Gasteiger partial charge is 0.305 e. The van der Waals surface area contributed by atoms with Gasteiger partial charge in [0.25, 0.3) is 0 Å². The van der Waals surface area contributed by atoms with Gasteiger partial charge in [-0.3, -0.25) is 14.6 Å². The van der Waals surface area contributed by atoms with E-state index in [9.17, 15) is 9.59 Å². The Balaban J connectivity index is 2.81. The molecular formula is C10H12N2O3. The zero-order valence-corrected chi connectivity index (χ0v) is 8.30. The lowest BCUT2D eigenvalue weighted by atomic mass is 10.1. The van der Waals surface area contributed by atoms with Gasteiger partial charge in [0.1, 0.15) is 0 Å². The number of amides is 1. The summed E-state index contributed by atoms with van der Waals surface area (Å²) < 4.78 is 0. The van der Waals surface area contributed by atoms with Gasteiger partial charge in [-0.1, -0.05) is 6.07 Å². The molecule has 0 aliphatic heterocycles. The lowest BCUT2D eigenvalue weighted by Gasteiger charge is -2.14. The van der Waals surface area contributed by atoms with E-state index >= 15 is 0 Å². The summed E-state index contributed by atoms with van der Waals surface area (Å²) in [6.07, 6.45) is 1.39. The highest BCUT2D eigenvalue weighted by atomic mass is 16.4. The highest BCUT2D eigenvalue weighted by Gasteiger charge is 2.17. The molecule has 1 unspecified atom stereocenters. The summed E-state index contributed by atoms with van der Waals surface area (Å²) in [7, 11) is 0. The Bertz CT molecular complexity index is 335. The number of nitrogens with zero attached hydrogens (tertiary/aromatic N) is 1. The van der Waals surface area contributed by atoms with Crippen molar-refractivity contribution in [2.75, 3.05) is 0 Å². The Morgan fingerprint density at radius 1 is 1.53 bits per heavy atom. The highest BCUT2D eigenvalue weighted by Crippen LogP contribution is 2.13. The van der Waals surface area contributed by atoms with Crippen LogP contribution in [0.2, 0.25) is 0 Å². The molecule has 5 nitrogen and oxygen atoms in total. The third-order valence-electron chi connectivity index (χ3n) is 1.80. The van der Waals surface area contributed by atoms with E-state index < -0.39 is 12.0 Å². The largest absolute Gasteiger partial charge is 0.481 e. The molecule has 0 saturated heterocycles. The van der Waals surface area contributed by atoms with Gasteiger partial charge in [-0.05, 0) is 12.1 Å². The van der Waals surface area contributed by atoms with Crippen molar-refractivity contribution < 1.29 is 14.7 Å². The van der Waals surface area contributed by atoms with Crippen LogP contribution in [0.15, 0.2) is 24.4 Å². The molecule has 0 aromatic carbocycles. The van der Waals surface area contributed by atoms with Crippen LogP contribution in [0.3, 0.4) is 0 Å². The zero-order valence-electron chi connectivity index (χ0n) is 8.30. The van der Waals surface area contributed by atoms with Gasteiger partial charge in [-0.15, -0.1) is 0 Å². The van der Waals surface area contributed by atoms with Gasteiger partial charge in [0, 0.05) is 13.1 Å². The number of aromatic nitrogens is 1. The Kier molecular flexibility index (Phi) is 3.79. The quantitative estimate of drug-likeness (QED) is 0.764. The van der Waals surface area contributed by atoms with Gasteiger partial charge in [0.15, 0.2) is 0 Å². The Labute approximate surface area is 87.1 Å². The molecule has 2 N–H and O–H groups in total. The van der Waals surface area contributed by atoms with Crippen LogP contribution in [-0.2, 0) is 9.59 Å². The molecule has 1 rings (SSSR count). The first-order chi connectivity index (χ1) is 7.09. The molecule has 80 valence electrons. The summed E-state index contributed by atoms with van der Waals surface area (Å²) in [6, 6.07) is 4.60. The van der Waals surface area contributed by atoms with Crippen molar-refractivity contribution in [2.45, 2.75) is 19.4 Å². The lowest BCUT2D eigenvalue weighted by Crippen LogP contribution is -2.28. The number of carbonyl (C=O) groups is 2. The molecule has 1 heterocycles. The van der Waals surface area contributed by atoms with Crippen LogP contribution in [0.1, 0.15) is 25.1 Å². The zero-order chi connectivity index (χ0) is 11.3. The number of rotatable bonds is 4. The second-order valence-electron chi connectivity index (χ2n) is 3.11. The molecule has 1 aromatic rings. The van der Waals surface area contributed by atoms with Gasteiger partial charge in [-0.25, -0.2) is 0 Å². The van der Waals surface area contributed by atoms with Crippen molar-refractivity contribution in [1.82, 2.24) is 10.3 Å². The van der Waals surface area contributed by atoms with Crippen LogP contribution in [-0.4, -0.2) is 22.0 Å². The average Bonchev–Trinajstić information content (AvgIpc) is 2.17. The van der Waals surface area contributed by atoms with Crippen LogP contribution < -0.4 is 5.32 Å². The minimum Gasteiger partial charge on any atom is -0.481 e. The standard InChI is InChI=1S/C10H12N2O3/c1-7(13)12-9(6-10(14)15)8-4-2-3-5-11-8/h2-5,9H,6H2,1H3,(H,12,13)(H,14,15). The number of hydrogen-bond acceptors (Lipinski definition) is 3. The van der Waals surface area contributed by atoms with Crippen molar-refractivity contribution in [1.29, 1.82) is 0 Å². The fraction of sp³-hybridized carbons (Fsp3) is 0.300. The SMILES string of the molecule is CC(=O)NC(CC(=O)O)c1ccccn1. The van der Waals surface area contributed by atoms with Gasteiger partial charge in [0.05, 0.1) is 18.2 Å².